The summed E-state index contributed by atoms with van der Waals surface area (Å²) in [5.74, 6) is 1.44. The second kappa shape index (κ2) is 8.62. The Morgan fingerprint density at radius 2 is 2.14 bits per heavy atom. The van der Waals surface area contributed by atoms with E-state index in [1.54, 1.807) is 19.3 Å². The Morgan fingerprint density at radius 3 is 2.82 bits per heavy atom. The maximum atomic E-state index is 7.87. The normalized spacial score (nSPS) is 12.5. The van der Waals surface area contributed by atoms with Crippen molar-refractivity contribution in [3.05, 3.63) is 59.1 Å². The molecule has 22 heavy (non-hydrogen) atoms. The first-order valence-electron chi connectivity index (χ1n) is 6.35. The smallest absolute Gasteiger partial charge is 0.134 e. The minimum Gasteiger partial charge on any atom is -0.504 e. The number of rotatable bonds is 4. The molecular formula is C16H16N3O2U-. The average Bonchev–Trinajstić information content (AvgIpc) is 2.96. The van der Waals surface area contributed by atoms with Gasteiger partial charge in [-0.1, -0.05) is 18.5 Å². The van der Waals surface area contributed by atoms with Crippen LogP contribution >= 0.6 is 0 Å². The first kappa shape index (κ1) is 18.3. The van der Waals surface area contributed by atoms with Crippen LogP contribution in [0.2, 0.25) is 0 Å². The van der Waals surface area contributed by atoms with Crippen molar-refractivity contribution in [2.45, 2.75) is 6.92 Å². The summed E-state index contributed by atoms with van der Waals surface area (Å²) in [6.45, 7) is 5.84. The van der Waals surface area contributed by atoms with Gasteiger partial charge in [-0.25, -0.2) is 0 Å². The second-order valence-corrected chi connectivity index (χ2v) is 4.22. The third kappa shape index (κ3) is 4.36. The van der Waals surface area contributed by atoms with Crippen LogP contribution in [0.1, 0.15) is 18.4 Å². The predicted octanol–water partition coefficient (Wildman–Crippen LogP) is 2.66. The van der Waals surface area contributed by atoms with Gasteiger partial charge in [0.1, 0.15) is 11.5 Å². The van der Waals surface area contributed by atoms with Crippen molar-refractivity contribution in [3.63, 3.8) is 0 Å². The van der Waals surface area contributed by atoms with Gasteiger partial charge < -0.3 is 19.9 Å². The number of hydrogen-bond donors (Lipinski definition) is 0. The van der Waals surface area contributed by atoms with Gasteiger partial charge in [-0.15, -0.1) is 0 Å². The van der Waals surface area contributed by atoms with Gasteiger partial charge in [0.05, 0.1) is 18.7 Å². The molecule has 6 heteroatoms. The van der Waals surface area contributed by atoms with E-state index in [-0.39, 0.29) is 36.9 Å². The van der Waals surface area contributed by atoms with Crippen molar-refractivity contribution in [1.29, 1.82) is 0 Å². The van der Waals surface area contributed by atoms with E-state index in [9.17, 15) is 0 Å². The number of aromatic nitrogens is 2. The van der Waals surface area contributed by atoms with Crippen LogP contribution in [-0.2, 0) is 4.74 Å². The summed E-state index contributed by atoms with van der Waals surface area (Å²) in [6, 6.07) is 3.64. The standard InChI is InChI=1S/C16H16N3O2.U/c1-4-14-13(16(17)19-10-18-14)9-11(2)15-6-5-12(21-15)7-8-20-3;/h4-10H,2H2,1,3H3,(H-,17,18,19);/q-1;/b8-7+,13-9+,14-4+;. The molecule has 112 valence electrons. The fraction of sp³-hybridized carbons (Fsp3) is 0.125. The number of hydrogen-bond acceptors (Lipinski definition) is 4. The molecule has 0 saturated carbocycles. The van der Waals surface area contributed by atoms with E-state index in [1.807, 2.05) is 25.1 Å². The number of allylic oxidation sites excluding steroid dienone is 1. The average molecular weight is 520 g/mol. The van der Waals surface area contributed by atoms with Crippen LogP contribution in [0.3, 0.4) is 0 Å². The summed E-state index contributed by atoms with van der Waals surface area (Å²) in [6.07, 6.45) is 8.20. The monoisotopic (exact) mass is 520 g/mol. The molecule has 0 radical (unpaired) electrons. The zero-order valence-electron chi connectivity index (χ0n) is 12.5. The largest absolute Gasteiger partial charge is 0.504 e. The van der Waals surface area contributed by atoms with Crippen LogP contribution in [0.15, 0.2) is 35.7 Å². The zero-order valence-corrected chi connectivity index (χ0v) is 16.6. The van der Waals surface area contributed by atoms with Crippen molar-refractivity contribution >= 4 is 29.6 Å². The molecule has 2 rings (SSSR count). The minimum atomic E-state index is 0. The molecule has 0 aliphatic rings. The molecule has 2 heterocycles. The molecule has 0 unspecified atom stereocenters. The van der Waals surface area contributed by atoms with Crippen LogP contribution in [0.25, 0.3) is 29.5 Å². The number of nitrogens with zero attached hydrogens (tertiary/aromatic N) is 2. The molecule has 0 aromatic carbocycles. The molecule has 0 aliphatic heterocycles. The zero-order chi connectivity index (χ0) is 15.2. The quantitative estimate of drug-likeness (QED) is 0.582. The molecule has 2 aromatic rings. The van der Waals surface area contributed by atoms with Gasteiger partial charge in [-0.05, 0) is 30.4 Å². The summed E-state index contributed by atoms with van der Waals surface area (Å²) in [4.78, 5) is 8.02. The third-order valence-electron chi connectivity index (χ3n) is 2.82. The molecule has 1 N–H and O–H groups in total. The Balaban J connectivity index is 0.00000242. The molecule has 0 atom stereocenters. The summed E-state index contributed by atoms with van der Waals surface area (Å²) < 4.78 is 10.5. The maximum absolute atomic E-state index is 7.87. The van der Waals surface area contributed by atoms with Crippen LogP contribution in [-0.4, -0.2) is 17.1 Å². The Hall–Kier alpha value is -1.77. The van der Waals surface area contributed by atoms with Crippen molar-refractivity contribution in [3.8, 4) is 0 Å². The van der Waals surface area contributed by atoms with Crippen molar-refractivity contribution < 1.29 is 40.3 Å². The fourth-order valence-corrected chi connectivity index (χ4v) is 1.78. The maximum Gasteiger partial charge on any atom is 0.134 e. The number of furan rings is 1. The van der Waals surface area contributed by atoms with Crippen LogP contribution in [0, 0.1) is 31.1 Å². The summed E-state index contributed by atoms with van der Waals surface area (Å²) >= 11 is 0. The van der Waals surface area contributed by atoms with Gasteiger partial charge in [0, 0.05) is 49.1 Å². The second-order valence-electron chi connectivity index (χ2n) is 4.22. The van der Waals surface area contributed by atoms with Gasteiger partial charge in [-0.3, -0.25) is 4.98 Å². The summed E-state index contributed by atoms with van der Waals surface area (Å²) in [7, 11) is 1.57. The first-order chi connectivity index (χ1) is 10.2. The molecule has 0 bridgehead atoms. The van der Waals surface area contributed by atoms with E-state index < -0.39 is 0 Å². The van der Waals surface area contributed by atoms with E-state index in [1.165, 1.54) is 12.6 Å². The number of methoxy groups -OCH3 is 1. The van der Waals surface area contributed by atoms with Crippen LogP contribution in [0.5, 0.6) is 0 Å². The van der Waals surface area contributed by atoms with E-state index in [0.717, 1.165) is 0 Å². The molecular weight excluding hydrogens is 504 g/mol. The van der Waals surface area contributed by atoms with Gasteiger partial charge >= 0.3 is 0 Å². The molecule has 0 aliphatic carbocycles. The minimum absolute atomic E-state index is 0. The number of ether oxygens (including phenoxy) is 1. The van der Waals surface area contributed by atoms with Gasteiger partial charge in [0.2, 0.25) is 0 Å². The first-order valence-corrected chi connectivity index (χ1v) is 6.35. The fourth-order valence-electron chi connectivity index (χ4n) is 1.78. The van der Waals surface area contributed by atoms with Crippen molar-refractivity contribution in [1.82, 2.24) is 9.97 Å². The number of nitrogens with one attached hydrogen (secondary N) is 1. The Bertz CT molecular complexity index is 794. The van der Waals surface area contributed by atoms with Gasteiger partial charge in [0.15, 0.2) is 0 Å². The van der Waals surface area contributed by atoms with Crippen LogP contribution in [0.4, 0.5) is 5.82 Å². The Morgan fingerprint density at radius 1 is 1.36 bits per heavy atom. The van der Waals surface area contributed by atoms with Crippen LogP contribution < -0.4 is 10.6 Å². The van der Waals surface area contributed by atoms with E-state index in [0.29, 0.717) is 27.7 Å². The molecule has 0 saturated heterocycles. The molecule has 0 amide bonds. The van der Waals surface area contributed by atoms with Crippen molar-refractivity contribution in [2.75, 3.05) is 7.11 Å². The summed E-state index contributed by atoms with van der Waals surface area (Å²) in [5, 5.41) is 1.32. The molecule has 0 fully saturated rings. The third-order valence-corrected chi connectivity index (χ3v) is 2.82. The molecule has 5 nitrogen and oxygen atoms in total. The SMILES string of the molecule is C=C(/C=c1/c([NH-])ncn/c1=C/C)c1ccc(/C=C/OC)o1.[U]. The topological polar surface area (TPSA) is 72.0 Å². The van der Waals surface area contributed by atoms with Crippen molar-refractivity contribution in [2.24, 2.45) is 0 Å². The summed E-state index contributed by atoms with van der Waals surface area (Å²) in [5.41, 5.74) is 8.52. The Labute approximate surface area is 152 Å². The Kier molecular flexibility index (Phi) is 7.16. The van der Waals surface area contributed by atoms with E-state index in [2.05, 4.69) is 16.5 Å². The molecule has 0 spiro atoms. The van der Waals surface area contributed by atoms with Gasteiger partial charge in [0.25, 0.3) is 0 Å². The molecule has 2 aromatic heterocycles. The van der Waals surface area contributed by atoms with E-state index in [4.69, 9.17) is 14.9 Å². The van der Waals surface area contributed by atoms with E-state index >= 15 is 0 Å². The van der Waals surface area contributed by atoms with Gasteiger partial charge in [-0.2, -0.15) is 0 Å². The predicted molar refractivity (Wildman–Crippen MR) is 83.7 cm³/mol.